The van der Waals surface area contributed by atoms with Gasteiger partial charge in [0.25, 0.3) is 0 Å². The predicted octanol–water partition coefficient (Wildman–Crippen LogP) is 4.39. The molecule has 0 aliphatic heterocycles. The summed E-state index contributed by atoms with van der Waals surface area (Å²) in [6.07, 6.45) is 5.03. The summed E-state index contributed by atoms with van der Waals surface area (Å²) in [5, 5.41) is 18.6. The smallest absolute Gasteiger partial charge is 0.227 e. The van der Waals surface area contributed by atoms with Gasteiger partial charge >= 0.3 is 0 Å². The average Bonchev–Trinajstić information content (AvgIpc) is 3.31. The second kappa shape index (κ2) is 7.83. The number of nitrogens with one attached hydrogen (secondary N) is 3. The van der Waals surface area contributed by atoms with E-state index in [-0.39, 0.29) is 11.8 Å². The van der Waals surface area contributed by atoms with Crippen LogP contribution < -0.4 is 10.6 Å². The lowest BCUT2D eigenvalue weighted by molar-refractivity contribution is -0.122. The van der Waals surface area contributed by atoms with Crippen LogP contribution in [0.15, 0.2) is 58.7 Å². The summed E-state index contributed by atoms with van der Waals surface area (Å²) in [7, 11) is 0. The van der Waals surface area contributed by atoms with Crippen LogP contribution in [0.25, 0.3) is 5.52 Å². The number of carbonyl (C=O) groups is 1. The predicted molar refractivity (Wildman–Crippen MR) is 116 cm³/mol. The lowest BCUT2D eigenvalue weighted by Crippen LogP contribution is -2.27. The van der Waals surface area contributed by atoms with Crippen molar-refractivity contribution in [2.75, 3.05) is 10.6 Å². The number of nitrogens with zero attached hydrogens (tertiary/aromatic N) is 4. The van der Waals surface area contributed by atoms with Crippen LogP contribution in [-0.4, -0.2) is 30.7 Å². The van der Waals surface area contributed by atoms with Gasteiger partial charge in [0.1, 0.15) is 5.52 Å². The third-order valence-corrected chi connectivity index (χ3v) is 5.99. The molecule has 5 rings (SSSR count). The van der Waals surface area contributed by atoms with Crippen LogP contribution in [0.2, 0.25) is 0 Å². The third kappa shape index (κ3) is 3.88. The van der Waals surface area contributed by atoms with Gasteiger partial charge in [-0.15, -0.1) is 5.10 Å². The quantitative estimate of drug-likeness (QED) is 0.428. The molecule has 0 bridgehead atoms. The minimum atomic E-state index is 0.118. The molecular weight excluding hydrogens is 398 g/mol. The van der Waals surface area contributed by atoms with Crippen molar-refractivity contribution >= 4 is 40.5 Å². The molecule has 3 aromatic heterocycles. The summed E-state index contributed by atoms with van der Waals surface area (Å²) in [5.74, 6) is 1.68. The van der Waals surface area contributed by atoms with Gasteiger partial charge in [-0.25, -0.2) is 9.50 Å². The second-order valence-corrected chi connectivity index (χ2v) is 8.43. The van der Waals surface area contributed by atoms with Gasteiger partial charge in [0, 0.05) is 34.5 Å². The number of hydrogen-bond donors (Lipinski definition) is 3. The fraction of sp³-hybridized carbons (Fsp3) is 0.238. The van der Waals surface area contributed by atoms with Crippen molar-refractivity contribution in [1.29, 1.82) is 0 Å². The van der Waals surface area contributed by atoms with Gasteiger partial charge in [0.05, 0.1) is 0 Å². The fourth-order valence-electron chi connectivity index (χ4n) is 3.28. The zero-order chi connectivity index (χ0) is 20.5. The lowest BCUT2D eigenvalue weighted by Gasteiger charge is -2.24. The van der Waals surface area contributed by atoms with Crippen molar-refractivity contribution < 1.29 is 4.79 Å². The van der Waals surface area contributed by atoms with E-state index < -0.39 is 0 Å². The van der Waals surface area contributed by atoms with Crippen molar-refractivity contribution in [3.8, 4) is 0 Å². The van der Waals surface area contributed by atoms with Crippen molar-refractivity contribution in [2.24, 2.45) is 5.92 Å². The number of fused-ring (bicyclic) bond motifs is 1. The SMILES string of the molecule is Cc1cc(Nc2nc(Sc3ccc(NC(=O)C4CCC4)cc3)nn3cccc23)n[nH]1. The molecule has 1 fully saturated rings. The fourth-order valence-corrected chi connectivity index (χ4v) is 4.03. The molecule has 9 heteroatoms. The summed E-state index contributed by atoms with van der Waals surface area (Å²) < 4.78 is 1.80. The number of aromatic nitrogens is 5. The monoisotopic (exact) mass is 419 g/mol. The Kier molecular flexibility index (Phi) is 4.88. The normalized spacial score (nSPS) is 13.9. The number of hydrogen-bond acceptors (Lipinski definition) is 6. The van der Waals surface area contributed by atoms with Crippen LogP contribution >= 0.6 is 11.8 Å². The van der Waals surface area contributed by atoms with Crippen LogP contribution in [0.1, 0.15) is 25.0 Å². The molecule has 0 unspecified atom stereocenters. The number of anilines is 3. The number of amides is 1. The van der Waals surface area contributed by atoms with Crippen LogP contribution in [0.5, 0.6) is 0 Å². The van der Waals surface area contributed by atoms with E-state index in [1.165, 1.54) is 11.8 Å². The first-order chi connectivity index (χ1) is 14.6. The average molecular weight is 420 g/mol. The van der Waals surface area contributed by atoms with Crippen LogP contribution in [0, 0.1) is 12.8 Å². The topological polar surface area (TPSA) is 100 Å². The number of carbonyl (C=O) groups excluding carboxylic acids is 1. The van der Waals surface area contributed by atoms with Crippen LogP contribution in [0.4, 0.5) is 17.3 Å². The summed E-state index contributed by atoms with van der Waals surface area (Å²) in [5.41, 5.74) is 2.65. The van der Waals surface area contributed by atoms with Gasteiger partial charge in [0.2, 0.25) is 11.1 Å². The van der Waals surface area contributed by atoms with E-state index in [0.29, 0.717) is 16.8 Å². The van der Waals surface area contributed by atoms with Crippen molar-refractivity contribution in [3.05, 3.63) is 54.4 Å². The molecule has 3 heterocycles. The van der Waals surface area contributed by atoms with E-state index >= 15 is 0 Å². The zero-order valence-electron chi connectivity index (χ0n) is 16.4. The molecule has 0 spiro atoms. The molecule has 1 aliphatic rings. The van der Waals surface area contributed by atoms with Gasteiger partial charge < -0.3 is 10.6 Å². The maximum atomic E-state index is 12.1. The highest BCUT2D eigenvalue weighted by Crippen LogP contribution is 2.30. The van der Waals surface area contributed by atoms with Crippen molar-refractivity contribution in [1.82, 2.24) is 24.8 Å². The largest absolute Gasteiger partial charge is 0.326 e. The molecule has 0 atom stereocenters. The second-order valence-electron chi connectivity index (χ2n) is 7.39. The number of aromatic amines is 1. The lowest BCUT2D eigenvalue weighted by atomic mass is 9.85. The van der Waals surface area contributed by atoms with E-state index in [2.05, 4.69) is 30.9 Å². The number of H-pyrrole nitrogens is 1. The molecule has 30 heavy (non-hydrogen) atoms. The Hall–Kier alpha value is -3.33. The first kappa shape index (κ1) is 18.7. The number of benzene rings is 1. The van der Waals surface area contributed by atoms with Gasteiger partial charge in [-0.2, -0.15) is 5.10 Å². The maximum Gasteiger partial charge on any atom is 0.227 e. The Bertz CT molecular complexity index is 1190. The van der Waals surface area contributed by atoms with E-state index in [1.54, 1.807) is 4.52 Å². The minimum Gasteiger partial charge on any atom is -0.326 e. The highest BCUT2D eigenvalue weighted by atomic mass is 32.2. The maximum absolute atomic E-state index is 12.1. The molecule has 0 saturated heterocycles. The highest BCUT2D eigenvalue weighted by Gasteiger charge is 2.25. The third-order valence-electron chi connectivity index (χ3n) is 5.13. The molecular formula is C21H21N7OS. The van der Waals surface area contributed by atoms with E-state index in [0.717, 1.165) is 41.1 Å². The van der Waals surface area contributed by atoms with Gasteiger partial charge in [-0.05, 0) is 67.9 Å². The van der Waals surface area contributed by atoms with E-state index in [9.17, 15) is 4.79 Å². The van der Waals surface area contributed by atoms with Crippen molar-refractivity contribution in [3.63, 3.8) is 0 Å². The minimum absolute atomic E-state index is 0.118. The van der Waals surface area contributed by atoms with E-state index in [1.807, 2.05) is 55.6 Å². The Morgan fingerprint density at radius 2 is 2.07 bits per heavy atom. The number of aryl methyl sites for hydroxylation is 1. The first-order valence-electron chi connectivity index (χ1n) is 9.87. The molecule has 1 aliphatic carbocycles. The molecule has 152 valence electrons. The van der Waals surface area contributed by atoms with Gasteiger partial charge in [-0.3, -0.25) is 9.89 Å². The Morgan fingerprint density at radius 3 is 2.77 bits per heavy atom. The molecule has 8 nitrogen and oxygen atoms in total. The summed E-state index contributed by atoms with van der Waals surface area (Å²) in [6.45, 7) is 1.95. The standard InChI is InChI=1S/C21H21N7OS/c1-13-12-18(26-25-13)23-19-17-6-3-11-28(17)27-21(24-19)30-16-9-7-15(8-10-16)22-20(29)14-4-2-5-14/h3,6-12,14H,2,4-5H2,1H3,(H,22,29)(H2,23,24,25,26,27). The van der Waals surface area contributed by atoms with Crippen LogP contribution in [-0.2, 0) is 4.79 Å². The Balaban J connectivity index is 1.34. The highest BCUT2D eigenvalue weighted by molar-refractivity contribution is 7.99. The summed E-state index contributed by atoms with van der Waals surface area (Å²) in [6, 6.07) is 13.6. The van der Waals surface area contributed by atoms with E-state index in [4.69, 9.17) is 0 Å². The Labute approximate surface area is 177 Å². The van der Waals surface area contributed by atoms with Gasteiger partial charge in [0.15, 0.2) is 11.6 Å². The Morgan fingerprint density at radius 1 is 1.23 bits per heavy atom. The summed E-state index contributed by atoms with van der Waals surface area (Å²) >= 11 is 1.46. The van der Waals surface area contributed by atoms with Crippen LogP contribution in [0.3, 0.4) is 0 Å². The zero-order valence-corrected chi connectivity index (χ0v) is 17.2. The van der Waals surface area contributed by atoms with Crippen molar-refractivity contribution in [2.45, 2.75) is 36.2 Å². The molecule has 4 aromatic rings. The number of rotatable bonds is 6. The van der Waals surface area contributed by atoms with Gasteiger partial charge in [-0.1, -0.05) is 6.42 Å². The summed E-state index contributed by atoms with van der Waals surface area (Å²) in [4.78, 5) is 17.8. The first-order valence-corrected chi connectivity index (χ1v) is 10.7. The molecule has 1 amide bonds. The molecule has 1 aromatic carbocycles. The molecule has 3 N–H and O–H groups in total. The molecule has 1 saturated carbocycles. The molecule has 0 radical (unpaired) electrons.